The fourth-order valence-corrected chi connectivity index (χ4v) is 5.36. The number of aliphatic hydroxyl groups excluding tert-OH is 1. The van der Waals surface area contributed by atoms with Crippen molar-refractivity contribution in [1.29, 1.82) is 0 Å². The van der Waals surface area contributed by atoms with E-state index in [9.17, 15) is 18.3 Å². The topological polar surface area (TPSA) is 158 Å². The Morgan fingerprint density at radius 2 is 1.73 bits per heavy atom. The molecule has 4 N–H and O–H groups in total. The molecule has 0 spiro atoms. The van der Waals surface area contributed by atoms with Gasteiger partial charge in [-0.2, -0.15) is 8.42 Å². The average molecular weight is 563 g/mol. The Morgan fingerprint density at radius 3 is 2.40 bits per heavy atom. The number of nitrogens with zero attached hydrogens (tertiary/aromatic N) is 2. The molecule has 40 heavy (non-hydrogen) atoms. The Labute approximate surface area is 232 Å². The number of carbonyl (C=O) groups excluding carboxylic acids is 1. The summed E-state index contributed by atoms with van der Waals surface area (Å²) in [6.07, 6.45) is 3.83. The lowest BCUT2D eigenvalue weighted by Crippen LogP contribution is -2.24. The molecule has 2 heterocycles. The summed E-state index contributed by atoms with van der Waals surface area (Å²) in [5.74, 6) is 0.380. The highest BCUT2D eigenvalue weighted by atomic mass is 32.2. The smallest absolute Gasteiger partial charge is 0.333 e. The summed E-state index contributed by atoms with van der Waals surface area (Å²) in [6.45, 7) is -0.228. The van der Waals surface area contributed by atoms with Crippen molar-refractivity contribution in [3.8, 4) is 0 Å². The maximum absolute atomic E-state index is 13.7. The molecule has 1 aliphatic rings. The van der Waals surface area contributed by atoms with Gasteiger partial charge >= 0.3 is 10.3 Å². The third kappa shape index (κ3) is 6.99. The highest BCUT2D eigenvalue weighted by Gasteiger charge is 2.35. The Morgan fingerprint density at radius 1 is 1.05 bits per heavy atom. The van der Waals surface area contributed by atoms with Crippen LogP contribution in [0.3, 0.4) is 0 Å². The van der Waals surface area contributed by atoms with Crippen molar-refractivity contribution >= 4 is 21.9 Å². The van der Waals surface area contributed by atoms with Gasteiger partial charge in [-0.25, -0.2) is 15.1 Å². The van der Waals surface area contributed by atoms with Crippen LogP contribution < -0.4 is 10.5 Å². The van der Waals surface area contributed by atoms with Crippen molar-refractivity contribution < 1.29 is 26.9 Å². The molecule has 5 rings (SSSR count). The number of nitrogens with one attached hydrogen (secondary N) is 1. The van der Waals surface area contributed by atoms with Crippen LogP contribution in [0, 0.1) is 5.92 Å². The second-order valence-corrected chi connectivity index (χ2v) is 11.1. The standard InChI is InChI=1S/C29H30N4O6S/c30-40(36,37)38-17-22-13-23(15-25(22)34)33-29-24(16-31-18-32-29)28(35)27-14-21(11-19-7-3-1-4-8-19)26(39-27)12-20-9-5-2-6-10-20/h1-10,14,16,18,22-23,25,34H,11-13,15,17H2,(H2,30,36,37)(H,31,32,33)/t22?,23-,25+/m1/s1. The fraction of sp³-hybridized carbons (Fsp3) is 0.276. The van der Waals surface area contributed by atoms with Gasteiger partial charge in [0.2, 0.25) is 5.78 Å². The number of aromatic nitrogens is 2. The van der Waals surface area contributed by atoms with Gasteiger partial charge in [0, 0.05) is 31.0 Å². The predicted molar refractivity (Wildman–Crippen MR) is 148 cm³/mol. The average Bonchev–Trinajstić information content (AvgIpc) is 3.50. The largest absolute Gasteiger partial charge is 0.457 e. The molecule has 2 aromatic carbocycles. The molecule has 4 aromatic rings. The molecule has 208 valence electrons. The predicted octanol–water partition coefficient (Wildman–Crippen LogP) is 3.25. The molecule has 2 aromatic heterocycles. The minimum atomic E-state index is -4.11. The van der Waals surface area contributed by atoms with E-state index >= 15 is 0 Å². The normalized spacial score (nSPS) is 19.0. The van der Waals surface area contributed by atoms with E-state index in [4.69, 9.17) is 9.56 Å². The number of benzene rings is 2. The Bertz CT molecular complexity index is 1500. The molecule has 0 bridgehead atoms. The molecule has 3 atom stereocenters. The van der Waals surface area contributed by atoms with Gasteiger partial charge in [-0.1, -0.05) is 60.7 Å². The number of ketones is 1. The molecular weight excluding hydrogens is 532 g/mol. The number of hydrogen-bond donors (Lipinski definition) is 3. The van der Waals surface area contributed by atoms with Gasteiger partial charge in [-0.05, 0) is 35.6 Å². The maximum Gasteiger partial charge on any atom is 0.333 e. The number of anilines is 1. The first-order chi connectivity index (χ1) is 19.2. The molecule has 1 aliphatic carbocycles. The van der Waals surface area contributed by atoms with E-state index in [-0.39, 0.29) is 29.8 Å². The zero-order valence-electron chi connectivity index (χ0n) is 21.6. The van der Waals surface area contributed by atoms with Crippen LogP contribution in [-0.4, -0.2) is 48.0 Å². The number of rotatable bonds is 11. The number of furan rings is 1. The number of carbonyl (C=O) groups is 1. The van der Waals surface area contributed by atoms with Crippen LogP contribution in [0.15, 0.2) is 83.7 Å². The van der Waals surface area contributed by atoms with Gasteiger partial charge in [0.25, 0.3) is 0 Å². The summed E-state index contributed by atoms with van der Waals surface area (Å²) in [6, 6.07) is 21.4. The molecule has 0 aliphatic heterocycles. The first-order valence-electron chi connectivity index (χ1n) is 12.9. The SMILES string of the molecule is NS(=O)(=O)OCC1C[C@@H](Nc2ncncc2C(=O)c2cc(Cc3ccccc3)c(Cc3ccccc3)o2)C[C@@H]1O. The molecule has 0 amide bonds. The van der Waals surface area contributed by atoms with Crippen LogP contribution in [0.2, 0.25) is 0 Å². The first-order valence-corrected chi connectivity index (χ1v) is 14.4. The van der Waals surface area contributed by atoms with E-state index < -0.39 is 22.3 Å². The summed E-state index contributed by atoms with van der Waals surface area (Å²) in [4.78, 5) is 22.0. The van der Waals surface area contributed by atoms with Crippen LogP contribution in [0.4, 0.5) is 5.82 Å². The van der Waals surface area contributed by atoms with Gasteiger partial charge in [0.05, 0.1) is 18.3 Å². The third-order valence-corrected chi connectivity index (χ3v) is 7.43. The molecule has 1 fully saturated rings. The van der Waals surface area contributed by atoms with E-state index in [0.717, 1.165) is 16.7 Å². The van der Waals surface area contributed by atoms with Crippen LogP contribution in [0.25, 0.3) is 0 Å². The lowest BCUT2D eigenvalue weighted by Gasteiger charge is -2.15. The highest BCUT2D eigenvalue weighted by molar-refractivity contribution is 7.84. The van der Waals surface area contributed by atoms with Gasteiger partial charge < -0.3 is 14.8 Å². The van der Waals surface area contributed by atoms with Crippen molar-refractivity contribution in [2.45, 2.75) is 37.8 Å². The van der Waals surface area contributed by atoms with E-state index in [2.05, 4.69) is 19.5 Å². The van der Waals surface area contributed by atoms with Crippen LogP contribution >= 0.6 is 0 Å². The molecular formula is C29H30N4O6S. The Kier molecular flexibility index (Phi) is 8.36. The lowest BCUT2D eigenvalue weighted by molar-refractivity contribution is 0.100. The van der Waals surface area contributed by atoms with Gasteiger partial charge in [0.1, 0.15) is 17.9 Å². The van der Waals surface area contributed by atoms with Gasteiger partial charge in [0.15, 0.2) is 5.76 Å². The van der Waals surface area contributed by atoms with Crippen LogP contribution in [0.5, 0.6) is 0 Å². The van der Waals surface area contributed by atoms with E-state index in [1.54, 1.807) is 6.07 Å². The number of hydrogen-bond acceptors (Lipinski definition) is 9. The van der Waals surface area contributed by atoms with Crippen molar-refractivity contribution in [2.75, 3.05) is 11.9 Å². The molecule has 0 radical (unpaired) electrons. The Hall–Kier alpha value is -3.90. The molecule has 10 nitrogen and oxygen atoms in total. The van der Waals surface area contributed by atoms with Gasteiger partial charge in [-0.15, -0.1) is 0 Å². The van der Waals surface area contributed by atoms with E-state index in [0.29, 0.717) is 37.3 Å². The third-order valence-electron chi connectivity index (χ3n) is 6.97. The van der Waals surface area contributed by atoms with Crippen molar-refractivity contribution in [1.82, 2.24) is 9.97 Å². The summed E-state index contributed by atoms with van der Waals surface area (Å²) in [5.41, 5.74) is 3.31. The van der Waals surface area contributed by atoms with Crippen molar-refractivity contribution in [3.63, 3.8) is 0 Å². The van der Waals surface area contributed by atoms with Crippen molar-refractivity contribution in [2.24, 2.45) is 11.1 Å². The molecule has 1 saturated carbocycles. The summed E-state index contributed by atoms with van der Waals surface area (Å²) >= 11 is 0. The maximum atomic E-state index is 13.7. The van der Waals surface area contributed by atoms with Crippen LogP contribution in [0.1, 0.15) is 51.4 Å². The van der Waals surface area contributed by atoms with E-state index in [1.165, 1.54) is 12.5 Å². The minimum Gasteiger partial charge on any atom is -0.457 e. The van der Waals surface area contributed by atoms with E-state index in [1.807, 2.05) is 60.7 Å². The summed E-state index contributed by atoms with van der Waals surface area (Å²) in [5, 5.41) is 18.5. The number of aliphatic hydroxyl groups is 1. The molecule has 0 saturated heterocycles. The lowest BCUT2D eigenvalue weighted by atomic mass is 10.0. The molecule has 1 unspecified atom stereocenters. The fourth-order valence-electron chi connectivity index (χ4n) is 4.99. The highest BCUT2D eigenvalue weighted by Crippen LogP contribution is 2.31. The van der Waals surface area contributed by atoms with Gasteiger partial charge in [-0.3, -0.25) is 8.98 Å². The summed E-state index contributed by atoms with van der Waals surface area (Å²) < 4.78 is 33.1. The second-order valence-electron chi connectivity index (χ2n) is 9.92. The zero-order chi connectivity index (χ0) is 28.1. The first kappa shape index (κ1) is 27.7. The minimum absolute atomic E-state index is 0.181. The number of nitrogens with two attached hydrogens (primary N) is 1. The van der Waals surface area contributed by atoms with Crippen LogP contribution in [-0.2, 0) is 27.3 Å². The summed E-state index contributed by atoms with van der Waals surface area (Å²) in [7, 11) is -4.11. The molecule has 11 heteroatoms. The Balaban J connectivity index is 1.37. The zero-order valence-corrected chi connectivity index (χ0v) is 22.5. The van der Waals surface area contributed by atoms with Crippen molar-refractivity contribution in [3.05, 3.63) is 113 Å². The monoisotopic (exact) mass is 562 g/mol. The quantitative estimate of drug-likeness (QED) is 0.233. The second kappa shape index (κ2) is 12.1.